The molecular formula is C8H8N4O. The van der Waals surface area contributed by atoms with Gasteiger partial charge in [-0.25, -0.2) is 9.97 Å². The minimum atomic E-state index is -0.263. The summed E-state index contributed by atoms with van der Waals surface area (Å²) in [5.74, 6) is 0.165. The molecule has 66 valence electrons. The van der Waals surface area contributed by atoms with Gasteiger partial charge >= 0.3 is 0 Å². The summed E-state index contributed by atoms with van der Waals surface area (Å²) in [4.78, 5) is 7.41. The Hall–Kier alpha value is -1.83. The highest BCUT2D eigenvalue weighted by atomic mass is 16.3. The lowest BCUT2D eigenvalue weighted by atomic mass is 10.3. The van der Waals surface area contributed by atoms with E-state index in [-0.39, 0.29) is 11.4 Å². The Morgan fingerprint density at radius 3 is 2.92 bits per heavy atom. The van der Waals surface area contributed by atoms with E-state index in [9.17, 15) is 5.11 Å². The van der Waals surface area contributed by atoms with Crippen LogP contribution in [0.15, 0.2) is 6.33 Å². The average Bonchev–Trinajstić information content (AvgIpc) is 2.89. The zero-order valence-electron chi connectivity index (χ0n) is 6.86. The molecule has 0 bridgehead atoms. The van der Waals surface area contributed by atoms with Gasteiger partial charge in [0.05, 0.1) is 0 Å². The van der Waals surface area contributed by atoms with Gasteiger partial charge in [-0.15, -0.1) is 0 Å². The zero-order chi connectivity index (χ0) is 9.26. The van der Waals surface area contributed by atoms with Crippen molar-refractivity contribution in [2.45, 2.75) is 18.9 Å². The van der Waals surface area contributed by atoms with Crippen molar-refractivity contribution in [2.24, 2.45) is 0 Å². The standard InChI is InChI=1S/C8H8N4O/c9-3-6-7(12-5-1-2-5)10-4-11-8(6)13/h4-5H,1-2H2,(H2,10,11,12,13). The van der Waals surface area contributed by atoms with Gasteiger partial charge in [0.15, 0.2) is 11.4 Å². The molecule has 2 rings (SSSR count). The molecule has 1 heterocycles. The number of hydrogen-bond donors (Lipinski definition) is 2. The third-order valence-electron chi connectivity index (χ3n) is 1.86. The molecule has 1 saturated carbocycles. The molecule has 1 aliphatic rings. The van der Waals surface area contributed by atoms with E-state index < -0.39 is 0 Å². The van der Waals surface area contributed by atoms with Crippen LogP contribution >= 0.6 is 0 Å². The predicted octanol–water partition coefficient (Wildman–Crippen LogP) is 0.628. The molecule has 1 fully saturated rings. The maximum atomic E-state index is 9.21. The number of anilines is 1. The van der Waals surface area contributed by atoms with Gasteiger partial charge in [-0.1, -0.05) is 0 Å². The molecule has 0 saturated heterocycles. The van der Waals surface area contributed by atoms with Gasteiger partial charge in [-0.05, 0) is 12.8 Å². The topological polar surface area (TPSA) is 81.8 Å². The van der Waals surface area contributed by atoms with E-state index in [1.54, 1.807) is 0 Å². The summed E-state index contributed by atoms with van der Waals surface area (Å²) in [5, 5.41) is 21.0. The number of aromatic hydroxyl groups is 1. The second-order valence-electron chi connectivity index (χ2n) is 2.95. The fourth-order valence-electron chi connectivity index (χ4n) is 1.01. The molecule has 2 N–H and O–H groups in total. The third-order valence-corrected chi connectivity index (χ3v) is 1.86. The van der Waals surface area contributed by atoms with E-state index in [1.807, 2.05) is 6.07 Å². The van der Waals surface area contributed by atoms with Crippen LogP contribution in [0.1, 0.15) is 18.4 Å². The molecule has 0 radical (unpaired) electrons. The van der Waals surface area contributed by atoms with Crippen LogP contribution in [0.5, 0.6) is 5.88 Å². The molecule has 0 atom stereocenters. The quantitative estimate of drug-likeness (QED) is 0.690. The summed E-state index contributed by atoms with van der Waals surface area (Å²) in [5.41, 5.74) is 0.120. The molecule has 1 aliphatic carbocycles. The Morgan fingerprint density at radius 2 is 2.31 bits per heavy atom. The van der Waals surface area contributed by atoms with E-state index in [1.165, 1.54) is 6.33 Å². The molecule has 0 aliphatic heterocycles. The lowest BCUT2D eigenvalue weighted by Crippen LogP contribution is -2.05. The fourth-order valence-corrected chi connectivity index (χ4v) is 1.01. The molecule has 0 amide bonds. The Kier molecular flexibility index (Phi) is 1.74. The Bertz CT molecular complexity index is 367. The van der Waals surface area contributed by atoms with Crippen molar-refractivity contribution in [1.29, 1.82) is 5.26 Å². The van der Waals surface area contributed by atoms with Crippen LogP contribution in [0.3, 0.4) is 0 Å². The van der Waals surface area contributed by atoms with Crippen molar-refractivity contribution in [3.8, 4) is 11.9 Å². The smallest absolute Gasteiger partial charge is 0.234 e. The van der Waals surface area contributed by atoms with E-state index in [0.29, 0.717) is 11.9 Å². The Labute approximate surface area is 75.1 Å². The number of aromatic nitrogens is 2. The highest BCUT2D eigenvalue weighted by Gasteiger charge is 2.23. The normalized spacial score (nSPS) is 15.0. The van der Waals surface area contributed by atoms with Crippen LogP contribution in [0.2, 0.25) is 0 Å². The van der Waals surface area contributed by atoms with Crippen LogP contribution in [-0.2, 0) is 0 Å². The first-order valence-electron chi connectivity index (χ1n) is 4.02. The summed E-state index contributed by atoms with van der Waals surface area (Å²) in [7, 11) is 0. The van der Waals surface area contributed by atoms with Crippen molar-refractivity contribution < 1.29 is 5.11 Å². The van der Waals surface area contributed by atoms with Crippen LogP contribution in [0.4, 0.5) is 5.82 Å². The highest BCUT2D eigenvalue weighted by molar-refractivity contribution is 5.56. The molecule has 5 heteroatoms. The van der Waals surface area contributed by atoms with E-state index in [2.05, 4.69) is 15.3 Å². The van der Waals surface area contributed by atoms with Gasteiger partial charge in [0.25, 0.3) is 0 Å². The van der Waals surface area contributed by atoms with Crippen molar-refractivity contribution in [3.63, 3.8) is 0 Å². The molecular weight excluding hydrogens is 168 g/mol. The number of nitriles is 1. The molecule has 13 heavy (non-hydrogen) atoms. The minimum Gasteiger partial charge on any atom is -0.492 e. The number of rotatable bonds is 2. The second-order valence-corrected chi connectivity index (χ2v) is 2.95. The van der Waals surface area contributed by atoms with Gasteiger partial charge in [0.2, 0.25) is 5.88 Å². The maximum Gasteiger partial charge on any atom is 0.234 e. The molecule has 0 spiro atoms. The molecule has 0 aromatic carbocycles. The predicted molar refractivity (Wildman–Crippen MR) is 45.1 cm³/mol. The van der Waals surface area contributed by atoms with Crippen LogP contribution in [0, 0.1) is 11.3 Å². The van der Waals surface area contributed by atoms with Crippen molar-refractivity contribution >= 4 is 5.82 Å². The third kappa shape index (κ3) is 1.51. The zero-order valence-corrected chi connectivity index (χ0v) is 6.86. The van der Waals surface area contributed by atoms with E-state index >= 15 is 0 Å². The SMILES string of the molecule is N#Cc1c(O)ncnc1NC1CC1. The summed E-state index contributed by atoms with van der Waals surface area (Å²) >= 11 is 0. The number of nitrogens with one attached hydrogen (secondary N) is 1. The number of hydrogen-bond acceptors (Lipinski definition) is 5. The summed E-state index contributed by atoms with van der Waals surface area (Å²) in [6, 6.07) is 2.26. The highest BCUT2D eigenvalue weighted by Crippen LogP contribution is 2.27. The molecule has 1 aromatic heterocycles. The fraction of sp³-hybridized carbons (Fsp3) is 0.375. The van der Waals surface area contributed by atoms with Gasteiger partial charge in [0, 0.05) is 6.04 Å². The second kappa shape index (κ2) is 2.90. The summed E-state index contributed by atoms with van der Waals surface area (Å²) < 4.78 is 0. The number of nitrogens with zero attached hydrogens (tertiary/aromatic N) is 3. The molecule has 1 aromatic rings. The largest absolute Gasteiger partial charge is 0.492 e. The lowest BCUT2D eigenvalue weighted by molar-refractivity contribution is 0.450. The van der Waals surface area contributed by atoms with Gasteiger partial charge in [0.1, 0.15) is 12.4 Å². The van der Waals surface area contributed by atoms with Crippen molar-refractivity contribution in [3.05, 3.63) is 11.9 Å². The Morgan fingerprint density at radius 1 is 1.54 bits per heavy atom. The van der Waals surface area contributed by atoms with Gasteiger partial charge < -0.3 is 10.4 Å². The van der Waals surface area contributed by atoms with Gasteiger partial charge in [-0.3, -0.25) is 0 Å². The first-order valence-corrected chi connectivity index (χ1v) is 4.02. The van der Waals surface area contributed by atoms with E-state index in [0.717, 1.165) is 12.8 Å². The first-order chi connectivity index (χ1) is 6.31. The van der Waals surface area contributed by atoms with Gasteiger partial charge in [-0.2, -0.15) is 5.26 Å². The Balaban J connectivity index is 2.32. The summed E-state index contributed by atoms with van der Waals surface area (Å²) in [6.45, 7) is 0. The lowest BCUT2D eigenvalue weighted by Gasteiger charge is -2.04. The van der Waals surface area contributed by atoms with Crippen LogP contribution < -0.4 is 5.32 Å². The van der Waals surface area contributed by atoms with Crippen LogP contribution in [-0.4, -0.2) is 21.1 Å². The maximum absolute atomic E-state index is 9.21. The minimum absolute atomic E-state index is 0.120. The monoisotopic (exact) mass is 176 g/mol. The van der Waals surface area contributed by atoms with Crippen LogP contribution in [0.25, 0.3) is 0 Å². The molecule has 5 nitrogen and oxygen atoms in total. The summed E-state index contributed by atoms with van der Waals surface area (Å²) in [6.07, 6.45) is 3.42. The first kappa shape index (κ1) is 7.80. The van der Waals surface area contributed by atoms with Crippen molar-refractivity contribution in [1.82, 2.24) is 9.97 Å². The average molecular weight is 176 g/mol. The molecule has 0 unspecified atom stereocenters. The van der Waals surface area contributed by atoms with E-state index in [4.69, 9.17) is 5.26 Å². The van der Waals surface area contributed by atoms with Crippen molar-refractivity contribution in [2.75, 3.05) is 5.32 Å².